The van der Waals surface area contributed by atoms with E-state index in [1.807, 2.05) is 30.5 Å². The smallest absolute Gasteiger partial charge is 0.227 e. The lowest BCUT2D eigenvalue weighted by molar-refractivity contribution is -0.106. The van der Waals surface area contributed by atoms with Crippen LogP contribution in [0, 0.1) is 11.3 Å². The first-order chi connectivity index (χ1) is 18.1. The molecule has 1 amide bonds. The summed E-state index contributed by atoms with van der Waals surface area (Å²) < 4.78 is 0. The van der Waals surface area contributed by atoms with Crippen LogP contribution in [0.15, 0.2) is 72.9 Å². The number of carbonyl (C=O) groups excluding carboxylic acids is 1. The van der Waals surface area contributed by atoms with Gasteiger partial charge in [-0.05, 0) is 35.9 Å². The Morgan fingerprint density at radius 1 is 1.05 bits per heavy atom. The van der Waals surface area contributed by atoms with E-state index in [-0.39, 0.29) is 6.41 Å². The zero-order valence-corrected chi connectivity index (χ0v) is 21.0. The number of piperazine rings is 1. The lowest BCUT2D eigenvalue weighted by Crippen LogP contribution is -2.46. The Kier molecular flexibility index (Phi) is 8.63. The fourth-order valence-electron chi connectivity index (χ4n) is 4.47. The SMILES string of the molecule is CCN1CCN(c2cccc(Nc3ncc4cccc(-c5ccc(CC#N)cc5)c4n3)c2)CC1.NC=O. The average molecular weight is 494 g/mol. The molecule has 1 saturated heterocycles. The molecular weight excluding hydrogens is 462 g/mol. The summed E-state index contributed by atoms with van der Waals surface area (Å²) in [6, 6.07) is 24.9. The van der Waals surface area contributed by atoms with Gasteiger partial charge in [0.2, 0.25) is 12.4 Å². The molecule has 8 heteroatoms. The predicted molar refractivity (Wildman–Crippen MR) is 149 cm³/mol. The molecule has 1 fully saturated rings. The van der Waals surface area contributed by atoms with E-state index in [2.05, 4.69) is 81.3 Å². The number of aromatic nitrogens is 2. The van der Waals surface area contributed by atoms with Crippen molar-refractivity contribution in [1.82, 2.24) is 14.9 Å². The maximum absolute atomic E-state index is 8.93. The minimum Gasteiger partial charge on any atom is -0.372 e. The largest absolute Gasteiger partial charge is 0.372 e. The Balaban J connectivity index is 0.00000102. The molecule has 0 radical (unpaired) electrons. The van der Waals surface area contributed by atoms with E-state index in [1.165, 1.54) is 5.69 Å². The molecular formula is C29H31N7O. The van der Waals surface area contributed by atoms with E-state index < -0.39 is 0 Å². The summed E-state index contributed by atoms with van der Waals surface area (Å²) in [5.41, 5.74) is 10.4. The number of amides is 1. The number of rotatable bonds is 6. The van der Waals surface area contributed by atoms with Crippen molar-refractivity contribution in [2.45, 2.75) is 13.3 Å². The number of para-hydroxylation sites is 1. The second kappa shape index (κ2) is 12.5. The molecule has 2 heterocycles. The molecule has 37 heavy (non-hydrogen) atoms. The monoisotopic (exact) mass is 493 g/mol. The van der Waals surface area contributed by atoms with Crippen LogP contribution in [0.25, 0.3) is 22.0 Å². The van der Waals surface area contributed by atoms with Crippen LogP contribution in [0.1, 0.15) is 12.5 Å². The third-order valence-corrected chi connectivity index (χ3v) is 6.45. The Bertz CT molecular complexity index is 1370. The summed E-state index contributed by atoms with van der Waals surface area (Å²) in [7, 11) is 0. The van der Waals surface area contributed by atoms with Crippen molar-refractivity contribution in [1.29, 1.82) is 5.26 Å². The second-order valence-electron chi connectivity index (χ2n) is 8.70. The molecule has 0 bridgehead atoms. The van der Waals surface area contributed by atoms with E-state index in [0.717, 1.165) is 66.0 Å². The van der Waals surface area contributed by atoms with Crippen LogP contribution in [0.4, 0.5) is 17.3 Å². The quantitative estimate of drug-likeness (QED) is 0.384. The molecule has 1 aliphatic rings. The number of benzene rings is 3. The number of hydrogen-bond acceptors (Lipinski definition) is 7. The van der Waals surface area contributed by atoms with Gasteiger partial charge in [0.15, 0.2) is 0 Å². The topological polar surface area (TPSA) is 111 Å². The first-order valence-electron chi connectivity index (χ1n) is 12.4. The number of nitrogens with one attached hydrogen (secondary N) is 1. The normalized spacial score (nSPS) is 13.4. The lowest BCUT2D eigenvalue weighted by Gasteiger charge is -2.35. The van der Waals surface area contributed by atoms with Crippen molar-refractivity contribution in [3.63, 3.8) is 0 Å². The number of primary amides is 1. The molecule has 8 nitrogen and oxygen atoms in total. The van der Waals surface area contributed by atoms with Crippen molar-refractivity contribution < 1.29 is 4.79 Å². The highest BCUT2D eigenvalue weighted by Crippen LogP contribution is 2.29. The van der Waals surface area contributed by atoms with Crippen molar-refractivity contribution in [2.75, 3.05) is 42.9 Å². The first-order valence-corrected chi connectivity index (χ1v) is 12.4. The number of nitrogens with zero attached hydrogens (tertiary/aromatic N) is 5. The summed E-state index contributed by atoms with van der Waals surface area (Å²) in [6.45, 7) is 7.62. The van der Waals surface area contributed by atoms with Gasteiger partial charge in [-0.2, -0.15) is 5.26 Å². The van der Waals surface area contributed by atoms with E-state index >= 15 is 0 Å². The van der Waals surface area contributed by atoms with Gasteiger partial charge in [0.1, 0.15) is 0 Å². The van der Waals surface area contributed by atoms with Gasteiger partial charge >= 0.3 is 0 Å². The summed E-state index contributed by atoms with van der Waals surface area (Å²) in [4.78, 5) is 22.9. The molecule has 188 valence electrons. The maximum atomic E-state index is 8.93. The predicted octanol–water partition coefficient (Wildman–Crippen LogP) is 4.35. The van der Waals surface area contributed by atoms with Gasteiger partial charge in [-0.25, -0.2) is 9.97 Å². The molecule has 0 aliphatic carbocycles. The number of nitriles is 1. The third-order valence-electron chi connectivity index (χ3n) is 6.45. The number of likely N-dealkylation sites (N-methyl/N-ethyl adjacent to an activating group) is 1. The van der Waals surface area contributed by atoms with Gasteiger partial charge in [-0.3, -0.25) is 4.79 Å². The van der Waals surface area contributed by atoms with Gasteiger partial charge < -0.3 is 20.9 Å². The molecule has 0 spiro atoms. The standard InChI is InChI=1S/C28H28N6.CH3NO/c1-2-33-15-17-34(18-16-33)25-7-4-6-24(19-25)31-28-30-20-23-5-3-8-26(27(23)32-28)22-11-9-21(10-12-22)13-14-29;2-1-3/h3-12,19-20H,2,13,15-18H2,1H3,(H,30,31,32);1H,(H2,2,3). The molecule has 0 unspecified atom stereocenters. The van der Waals surface area contributed by atoms with Crippen LogP contribution in [-0.4, -0.2) is 54.0 Å². The number of carbonyl (C=O) groups is 1. The molecule has 1 aromatic heterocycles. The van der Waals surface area contributed by atoms with Crippen LogP contribution in [0.3, 0.4) is 0 Å². The molecule has 0 atom stereocenters. The van der Waals surface area contributed by atoms with Gasteiger partial charge in [-0.15, -0.1) is 0 Å². The molecule has 3 N–H and O–H groups in total. The molecule has 3 aromatic carbocycles. The highest BCUT2D eigenvalue weighted by molar-refractivity contribution is 5.93. The fraction of sp³-hybridized carbons (Fsp3) is 0.241. The summed E-state index contributed by atoms with van der Waals surface area (Å²) in [5.74, 6) is 0.578. The van der Waals surface area contributed by atoms with Crippen molar-refractivity contribution >= 4 is 34.6 Å². The number of hydrogen-bond donors (Lipinski definition) is 2. The molecule has 4 aromatic rings. The minimum absolute atomic E-state index is 0.250. The highest BCUT2D eigenvalue weighted by atomic mass is 16.1. The Morgan fingerprint density at radius 3 is 2.49 bits per heavy atom. The number of anilines is 3. The van der Waals surface area contributed by atoms with Crippen LogP contribution in [-0.2, 0) is 11.2 Å². The number of nitrogens with two attached hydrogens (primary N) is 1. The Morgan fingerprint density at radius 2 is 1.78 bits per heavy atom. The van der Waals surface area contributed by atoms with Crippen LogP contribution in [0.5, 0.6) is 0 Å². The maximum Gasteiger partial charge on any atom is 0.227 e. The third kappa shape index (κ3) is 6.40. The molecule has 0 saturated carbocycles. The number of fused-ring (bicyclic) bond motifs is 1. The van der Waals surface area contributed by atoms with E-state index in [1.54, 1.807) is 0 Å². The van der Waals surface area contributed by atoms with Crippen LogP contribution in [0.2, 0.25) is 0 Å². The van der Waals surface area contributed by atoms with Gasteiger partial charge in [-0.1, -0.05) is 55.5 Å². The summed E-state index contributed by atoms with van der Waals surface area (Å²) in [5, 5.41) is 13.3. The molecule has 5 rings (SSSR count). The fourth-order valence-corrected chi connectivity index (χ4v) is 4.47. The van der Waals surface area contributed by atoms with Gasteiger partial charge in [0, 0.05) is 54.7 Å². The lowest BCUT2D eigenvalue weighted by atomic mass is 10.0. The second-order valence-corrected chi connectivity index (χ2v) is 8.70. The van der Waals surface area contributed by atoms with E-state index in [9.17, 15) is 0 Å². The zero-order valence-electron chi connectivity index (χ0n) is 21.0. The van der Waals surface area contributed by atoms with Crippen LogP contribution < -0.4 is 16.0 Å². The average Bonchev–Trinajstić information content (AvgIpc) is 2.94. The Hall–Kier alpha value is -4.48. The highest BCUT2D eigenvalue weighted by Gasteiger charge is 2.16. The van der Waals surface area contributed by atoms with Gasteiger partial charge in [0.05, 0.1) is 18.0 Å². The Labute approximate surface area is 217 Å². The van der Waals surface area contributed by atoms with E-state index in [4.69, 9.17) is 15.0 Å². The minimum atomic E-state index is 0.250. The van der Waals surface area contributed by atoms with Crippen molar-refractivity contribution in [2.24, 2.45) is 5.73 Å². The first kappa shape index (κ1) is 25.6. The summed E-state index contributed by atoms with van der Waals surface area (Å²) in [6.07, 6.45) is 2.53. The summed E-state index contributed by atoms with van der Waals surface area (Å²) >= 11 is 0. The zero-order chi connectivity index (χ0) is 26.0. The van der Waals surface area contributed by atoms with E-state index in [0.29, 0.717) is 12.4 Å². The van der Waals surface area contributed by atoms with Crippen LogP contribution >= 0.6 is 0 Å². The van der Waals surface area contributed by atoms with Crippen molar-refractivity contribution in [3.05, 3.63) is 78.5 Å². The van der Waals surface area contributed by atoms with Gasteiger partial charge in [0.25, 0.3) is 0 Å². The molecule has 1 aliphatic heterocycles. The van der Waals surface area contributed by atoms with Crippen molar-refractivity contribution in [3.8, 4) is 17.2 Å².